The summed E-state index contributed by atoms with van der Waals surface area (Å²) in [4.78, 5) is 0. The number of hydrogen-bond donors (Lipinski definition) is 0. The third-order valence-corrected chi connectivity index (χ3v) is 4.99. The lowest BCUT2D eigenvalue weighted by Crippen LogP contribution is -2.28. The van der Waals surface area contributed by atoms with Crippen LogP contribution >= 0.6 is 10.7 Å². The van der Waals surface area contributed by atoms with Crippen molar-refractivity contribution in [3.8, 4) is 0 Å². The van der Waals surface area contributed by atoms with E-state index in [0.29, 0.717) is 12.7 Å². The van der Waals surface area contributed by atoms with Crippen LogP contribution in [-0.2, 0) is 13.8 Å². The van der Waals surface area contributed by atoms with Crippen molar-refractivity contribution in [3.05, 3.63) is 0 Å². The Bertz CT molecular complexity index is 340. The van der Waals surface area contributed by atoms with E-state index in [9.17, 15) is 8.42 Å². The van der Waals surface area contributed by atoms with E-state index < -0.39 is 9.05 Å². The lowest BCUT2D eigenvalue weighted by Gasteiger charge is -2.29. The molecule has 3 atom stereocenters. The zero-order chi connectivity index (χ0) is 13.8. The number of hydrogen-bond acceptors (Lipinski definition) is 3. The van der Waals surface area contributed by atoms with E-state index in [-0.39, 0.29) is 17.6 Å². The Morgan fingerprint density at radius 1 is 1.33 bits per heavy atom. The molecule has 0 N–H and O–H groups in total. The van der Waals surface area contributed by atoms with E-state index in [0.717, 1.165) is 18.8 Å². The summed E-state index contributed by atoms with van der Waals surface area (Å²) in [7, 11) is 1.89. The van der Waals surface area contributed by atoms with Crippen molar-refractivity contribution in [1.29, 1.82) is 0 Å². The maximum Gasteiger partial charge on any atom is 0.232 e. The Labute approximate surface area is 116 Å². The molecule has 1 saturated carbocycles. The normalized spacial score (nSPS) is 27.4. The first-order chi connectivity index (χ1) is 8.28. The van der Waals surface area contributed by atoms with Crippen LogP contribution in [0.1, 0.15) is 46.5 Å². The van der Waals surface area contributed by atoms with Crippen molar-refractivity contribution in [1.82, 2.24) is 0 Å². The minimum atomic E-state index is -3.44. The monoisotopic (exact) mass is 296 g/mol. The van der Waals surface area contributed by atoms with Crippen molar-refractivity contribution in [2.45, 2.75) is 52.6 Å². The first kappa shape index (κ1) is 16.3. The molecule has 0 aliphatic heterocycles. The summed E-state index contributed by atoms with van der Waals surface area (Å²) in [5.41, 5.74) is 0. The van der Waals surface area contributed by atoms with Gasteiger partial charge in [-0.15, -0.1) is 0 Å². The first-order valence-electron chi connectivity index (χ1n) is 6.82. The molecular weight excluding hydrogens is 272 g/mol. The molecule has 3 unspecified atom stereocenters. The summed E-state index contributed by atoms with van der Waals surface area (Å²) in [6.45, 7) is 6.78. The highest BCUT2D eigenvalue weighted by molar-refractivity contribution is 8.13. The fraction of sp³-hybridized carbons (Fsp3) is 1.00. The highest BCUT2D eigenvalue weighted by Gasteiger charge is 2.24. The van der Waals surface area contributed by atoms with Crippen LogP contribution in [0, 0.1) is 17.8 Å². The van der Waals surface area contributed by atoms with Crippen LogP contribution in [0.3, 0.4) is 0 Å². The Kier molecular flexibility index (Phi) is 6.42. The minimum Gasteiger partial charge on any atom is -0.378 e. The van der Waals surface area contributed by atoms with Crippen molar-refractivity contribution in [2.75, 3.05) is 12.4 Å². The second-order valence-corrected chi connectivity index (χ2v) is 8.76. The topological polar surface area (TPSA) is 43.4 Å². The van der Waals surface area contributed by atoms with Crippen LogP contribution in [0.25, 0.3) is 0 Å². The van der Waals surface area contributed by atoms with Crippen molar-refractivity contribution >= 4 is 19.7 Å². The average Bonchev–Trinajstić information content (AvgIpc) is 2.22. The maximum atomic E-state index is 11.2. The summed E-state index contributed by atoms with van der Waals surface area (Å²) in [6, 6.07) is 0. The molecule has 0 aromatic carbocycles. The van der Waals surface area contributed by atoms with E-state index in [4.69, 9.17) is 15.4 Å². The molecule has 3 nitrogen and oxygen atoms in total. The molecule has 18 heavy (non-hydrogen) atoms. The van der Waals surface area contributed by atoms with Gasteiger partial charge in [0.2, 0.25) is 9.05 Å². The molecule has 1 aliphatic carbocycles. The summed E-state index contributed by atoms with van der Waals surface area (Å²) in [5.74, 6) is 0.983. The Morgan fingerprint density at radius 2 is 2.00 bits per heavy atom. The minimum absolute atomic E-state index is 0.00843. The van der Waals surface area contributed by atoms with Crippen LogP contribution in [0.2, 0.25) is 0 Å². The quantitative estimate of drug-likeness (QED) is 0.705. The molecule has 0 bridgehead atoms. The SMILES string of the molecule is CC1CCCC(OCC(CS(=O)(=O)Cl)C(C)C)C1. The van der Waals surface area contributed by atoms with E-state index >= 15 is 0 Å². The van der Waals surface area contributed by atoms with Gasteiger partial charge < -0.3 is 4.74 Å². The maximum absolute atomic E-state index is 11.2. The highest BCUT2D eigenvalue weighted by Crippen LogP contribution is 2.27. The molecule has 0 aromatic heterocycles. The fourth-order valence-electron chi connectivity index (χ4n) is 2.48. The highest BCUT2D eigenvalue weighted by atomic mass is 35.7. The van der Waals surface area contributed by atoms with Crippen LogP contribution < -0.4 is 0 Å². The zero-order valence-electron chi connectivity index (χ0n) is 11.6. The molecule has 1 fully saturated rings. The molecule has 0 amide bonds. The summed E-state index contributed by atoms with van der Waals surface area (Å²) >= 11 is 0. The lowest BCUT2D eigenvalue weighted by atomic mass is 9.88. The van der Waals surface area contributed by atoms with Gasteiger partial charge in [-0.2, -0.15) is 0 Å². The third kappa shape index (κ3) is 6.39. The standard InChI is InChI=1S/C13H25ClO3S/c1-10(2)12(9-18(14,15)16)8-17-13-6-4-5-11(3)7-13/h10-13H,4-9H2,1-3H3. The van der Waals surface area contributed by atoms with Crippen LogP contribution in [-0.4, -0.2) is 26.9 Å². The number of rotatable bonds is 6. The van der Waals surface area contributed by atoms with Gasteiger partial charge in [0.25, 0.3) is 0 Å². The number of ether oxygens (including phenoxy) is 1. The smallest absolute Gasteiger partial charge is 0.232 e. The van der Waals surface area contributed by atoms with Gasteiger partial charge in [0.05, 0.1) is 18.5 Å². The fourth-order valence-corrected chi connectivity index (χ4v) is 3.96. The van der Waals surface area contributed by atoms with Gasteiger partial charge in [0, 0.05) is 10.7 Å². The second kappa shape index (κ2) is 7.11. The Balaban J connectivity index is 2.42. The van der Waals surface area contributed by atoms with Gasteiger partial charge in [0.1, 0.15) is 0 Å². The largest absolute Gasteiger partial charge is 0.378 e. The number of halogens is 1. The van der Waals surface area contributed by atoms with E-state index in [1.165, 1.54) is 12.8 Å². The Morgan fingerprint density at radius 3 is 2.50 bits per heavy atom. The molecule has 1 aliphatic rings. The van der Waals surface area contributed by atoms with Gasteiger partial charge >= 0.3 is 0 Å². The molecular formula is C13H25ClO3S. The molecule has 0 heterocycles. The second-order valence-electron chi connectivity index (χ2n) is 5.94. The lowest BCUT2D eigenvalue weighted by molar-refractivity contribution is -0.00666. The molecule has 0 saturated heterocycles. The van der Waals surface area contributed by atoms with Gasteiger partial charge in [-0.05, 0) is 30.6 Å². The molecule has 0 aromatic rings. The Hall–Kier alpha value is 0.200. The van der Waals surface area contributed by atoms with Gasteiger partial charge in [-0.1, -0.05) is 33.6 Å². The molecule has 1 rings (SSSR count). The average molecular weight is 297 g/mol. The zero-order valence-corrected chi connectivity index (χ0v) is 13.1. The third-order valence-electron chi connectivity index (χ3n) is 3.79. The van der Waals surface area contributed by atoms with E-state index in [1.807, 2.05) is 13.8 Å². The van der Waals surface area contributed by atoms with Gasteiger partial charge in [-0.3, -0.25) is 0 Å². The summed E-state index contributed by atoms with van der Waals surface area (Å²) in [6.07, 6.45) is 4.99. The molecule has 0 radical (unpaired) electrons. The van der Waals surface area contributed by atoms with Gasteiger partial charge in [-0.25, -0.2) is 8.42 Å². The van der Waals surface area contributed by atoms with Crippen molar-refractivity contribution in [2.24, 2.45) is 17.8 Å². The van der Waals surface area contributed by atoms with E-state index in [1.54, 1.807) is 0 Å². The van der Waals surface area contributed by atoms with Crippen molar-refractivity contribution in [3.63, 3.8) is 0 Å². The molecule has 108 valence electrons. The first-order valence-corrected chi connectivity index (χ1v) is 9.29. The van der Waals surface area contributed by atoms with Gasteiger partial charge in [0.15, 0.2) is 0 Å². The predicted octanol–water partition coefficient (Wildman–Crippen LogP) is 3.42. The van der Waals surface area contributed by atoms with Crippen LogP contribution in [0.5, 0.6) is 0 Å². The van der Waals surface area contributed by atoms with Crippen LogP contribution in [0.15, 0.2) is 0 Å². The van der Waals surface area contributed by atoms with E-state index in [2.05, 4.69) is 6.92 Å². The van der Waals surface area contributed by atoms with Crippen molar-refractivity contribution < 1.29 is 13.2 Å². The van der Waals surface area contributed by atoms with Crippen LogP contribution in [0.4, 0.5) is 0 Å². The predicted molar refractivity (Wildman–Crippen MR) is 75.3 cm³/mol. The molecule has 0 spiro atoms. The molecule has 5 heteroatoms. The summed E-state index contributed by atoms with van der Waals surface area (Å²) in [5, 5.41) is 0. The summed E-state index contributed by atoms with van der Waals surface area (Å²) < 4.78 is 28.2.